The minimum Gasteiger partial charge on any atom is -0.354 e. The lowest BCUT2D eigenvalue weighted by atomic mass is 10.0. The van der Waals surface area contributed by atoms with E-state index >= 15 is 0 Å². The summed E-state index contributed by atoms with van der Waals surface area (Å²) in [5.74, 6) is -0.155. The first-order chi connectivity index (χ1) is 13.4. The summed E-state index contributed by atoms with van der Waals surface area (Å²) >= 11 is 0. The lowest BCUT2D eigenvalue weighted by Gasteiger charge is -2.20. The van der Waals surface area contributed by atoms with Gasteiger partial charge in [0, 0.05) is 24.3 Å². The van der Waals surface area contributed by atoms with Crippen molar-refractivity contribution in [1.82, 2.24) is 15.2 Å². The minimum absolute atomic E-state index is 0.000758. The molecule has 0 atom stereocenters. The third-order valence-electron chi connectivity index (χ3n) is 5.22. The number of hydrogen-bond acceptors (Lipinski definition) is 3. The van der Waals surface area contributed by atoms with Crippen molar-refractivity contribution in [3.63, 3.8) is 0 Å². The van der Waals surface area contributed by atoms with E-state index in [0.717, 1.165) is 42.9 Å². The second kappa shape index (κ2) is 10.2. The fourth-order valence-electron chi connectivity index (χ4n) is 3.68. The molecular weight excluding hydrogens is 350 g/mol. The molecule has 5 heteroatoms. The van der Waals surface area contributed by atoms with E-state index in [-0.39, 0.29) is 11.7 Å². The normalized spacial score (nSPS) is 11.1. The number of aromatic amines is 1. The van der Waals surface area contributed by atoms with Crippen LogP contribution in [0.15, 0.2) is 24.3 Å². The Morgan fingerprint density at radius 2 is 1.71 bits per heavy atom. The van der Waals surface area contributed by atoms with Gasteiger partial charge in [-0.2, -0.15) is 0 Å². The van der Waals surface area contributed by atoms with Crippen molar-refractivity contribution in [2.45, 2.75) is 60.5 Å². The number of benzene rings is 1. The third kappa shape index (κ3) is 5.10. The zero-order chi connectivity index (χ0) is 20.7. The highest BCUT2D eigenvalue weighted by atomic mass is 16.2. The number of nitrogens with one attached hydrogen (secondary N) is 2. The molecule has 2 aromatic rings. The van der Waals surface area contributed by atoms with Gasteiger partial charge in [-0.15, -0.1) is 0 Å². The molecule has 0 radical (unpaired) electrons. The molecule has 28 heavy (non-hydrogen) atoms. The summed E-state index contributed by atoms with van der Waals surface area (Å²) in [6.07, 6.45) is 1.59. The highest BCUT2D eigenvalue weighted by Crippen LogP contribution is 2.22. The quantitative estimate of drug-likeness (QED) is 0.603. The molecule has 5 nitrogen and oxygen atoms in total. The van der Waals surface area contributed by atoms with Crippen LogP contribution < -0.4 is 5.32 Å². The summed E-state index contributed by atoms with van der Waals surface area (Å²) < 4.78 is 0. The Bertz CT molecular complexity index is 819. The average molecular weight is 384 g/mol. The summed E-state index contributed by atoms with van der Waals surface area (Å²) in [6.45, 7) is 13.1. The van der Waals surface area contributed by atoms with E-state index in [1.165, 1.54) is 5.56 Å². The van der Waals surface area contributed by atoms with Crippen molar-refractivity contribution >= 4 is 11.7 Å². The number of aromatic nitrogens is 1. The molecule has 0 bridgehead atoms. The van der Waals surface area contributed by atoms with Crippen LogP contribution in [-0.2, 0) is 19.5 Å². The van der Waals surface area contributed by atoms with Gasteiger partial charge in [-0.05, 0) is 50.0 Å². The van der Waals surface area contributed by atoms with Gasteiger partial charge in [0.2, 0.25) is 0 Å². The fourth-order valence-corrected chi connectivity index (χ4v) is 3.68. The Kier molecular flexibility index (Phi) is 8.00. The van der Waals surface area contributed by atoms with Crippen LogP contribution in [0.4, 0.5) is 0 Å². The van der Waals surface area contributed by atoms with Crippen LogP contribution >= 0.6 is 0 Å². The lowest BCUT2D eigenvalue weighted by molar-refractivity contribution is 0.0945. The largest absolute Gasteiger partial charge is 0.354 e. The van der Waals surface area contributed by atoms with Gasteiger partial charge in [0.1, 0.15) is 5.69 Å². The highest BCUT2D eigenvalue weighted by molar-refractivity contribution is 6.02. The standard InChI is InChI=1S/C23H33N3O2/c1-6-11-20-21(17(5)27)16(4)25-22(20)23(28)24-14-18-12-9-10-13-19(18)15-26(7-2)8-3/h9-10,12-13,25H,6-8,11,14-15H2,1-5H3,(H,24,28). The molecule has 2 N–H and O–H groups in total. The second-order valence-corrected chi connectivity index (χ2v) is 7.20. The molecule has 0 fully saturated rings. The number of hydrogen-bond donors (Lipinski definition) is 2. The molecule has 0 spiro atoms. The van der Waals surface area contributed by atoms with Crippen LogP contribution in [0, 0.1) is 6.92 Å². The number of Topliss-reactive ketones (excluding diaryl/α,β-unsaturated/α-hetero) is 1. The first-order valence-corrected chi connectivity index (χ1v) is 10.2. The van der Waals surface area contributed by atoms with Crippen molar-refractivity contribution in [2.24, 2.45) is 0 Å². The number of H-pyrrole nitrogens is 1. The lowest BCUT2D eigenvalue weighted by Crippen LogP contribution is -2.27. The van der Waals surface area contributed by atoms with E-state index in [1.807, 2.05) is 19.1 Å². The van der Waals surface area contributed by atoms with E-state index in [0.29, 0.717) is 24.2 Å². The number of carbonyl (C=O) groups excluding carboxylic acids is 2. The summed E-state index contributed by atoms with van der Waals surface area (Å²) in [6, 6.07) is 8.22. The number of nitrogens with zero attached hydrogens (tertiary/aromatic N) is 1. The first-order valence-electron chi connectivity index (χ1n) is 10.2. The molecule has 0 saturated heterocycles. The zero-order valence-electron chi connectivity index (χ0n) is 17.8. The van der Waals surface area contributed by atoms with E-state index in [9.17, 15) is 9.59 Å². The highest BCUT2D eigenvalue weighted by Gasteiger charge is 2.22. The first kappa shape index (κ1) is 21.9. The van der Waals surface area contributed by atoms with Crippen LogP contribution in [0.3, 0.4) is 0 Å². The van der Waals surface area contributed by atoms with Crippen molar-refractivity contribution in [2.75, 3.05) is 13.1 Å². The molecule has 2 rings (SSSR count). The monoisotopic (exact) mass is 383 g/mol. The van der Waals surface area contributed by atoms with E-state index in [2.05, 4.69) is 48.1 Å². The van der Waals surface area contributed by atoms with Crippen molar-refractivity contribution < 1.29 is 9.59 Å². The van der Waals surface area contributed by atoms with Crippen LogP contribution in [-0.4, -0.2) is 34.7 Å². The number of rotatable bonds is 10. The maximum absolute atomic E-state index is 12.9. The van der Waals surface area contributed by atoms with Gasteiger partial charge < -0.3 is 10.3 Å². The molecule has 0 aliphatic carbocycles. The summed E-state index contributed by atoms with van der Waals surface area (Å²) in [7, 11) is 0. The van der Waals surface area contributed by atoms with Crippen LogP contribution in [0.1, 0.15) is 77.3 Å². The number of aryl methyl sites for hydroxylation is 1. The summed E-state index contributed by atoms with van der Waals surface area (Å²) in [5.41, 5.74) is 5.13. The summed E-state index contributed by atoms with van der Waals surface area (Å²) in [4.78, 5) is 30.4. The molecular formula is C23H33N3O2. The summed E-state index contributed by atoms with van der Waals surface area (Å²) in [5, 5.41) is 3.04. The molecule has 0 unspecified atom stereocenters. The second-order valence-electron chi connectivity index (χ2n) is 7.20. The van der Waals surface area contributed by atoms with E-state index in [4.69, 9.17) is 0 Å². The van der Waals surface area contributed by atoms with Gasteiger partial charge in [0.25, 0.3) is 5.91 Å². The average Bonchev–Trinajstić information content (AvgIpc) is 3.01. The molecule has 0 saturated carbocycles. The van der Waals surface area contributed by atoms with Crippen molar-refractivity contribution in [3.8, 4) is 0 Å². The maximum Gasteiger partial charge on any atom is 0.268 e. The van der Waals surface area contributed by atoms with Crippen LogP contribution in [0.5, 0.6) is 0 Å². The molecule has 152 valence electrons. The fraction of sp³-hybridized carbons (Fsp3) is 0.478. The van der Waals surface area contributed by atoms with Crippen molar-refractivity contribution in [3.05, 3.63) is 57.9 Å². The molecule has 1 aromatic heterocycles. The Morgan fingerprint density at radius 1 is 1.07 bits per heavy atom. The molecule has 0 aliphatic rings. The van der Waals surface area contributed by atoms with Gasteiger partial charge in [-0.3, -0.25) is 14.5 Å². The Hall–Kier alpha value is -2.40. The minimum atomic E-state index is -0.156. The Labute approximate surface area is 168 Å². The Morgan fingerprint density at radius 3 is 2.29 bits per heavy atom. The zero-order valence-corrected chi connectivity index (χ0v) is 17.8. The number of amides is 1. The smallest absolute Gasteiger partial charge is 0.268 e. The van der Waals surface area contributed by atoms with Crippen molar-refractivity contribution in [1.29, 1.82) is 0 Å². The predicted octanol–water partition coefficient (Wildman–Crippen LogP) is 4.25. The maximum atomic E-state index is 12.9. The topological polar surface area (TPSA) is 65.2 Å². The van der Waals surface area contributed by atoms with Crippen LogP contribution in [0.25, 0.3) is 0 Å². The molecule has 1 heterocycles. The van der Waals surface area contributed by atoms with Crippen LogP contribution in [0.2, 0.25) is 0 Å². The van der Waals surface area contributed by atoms with Gasteiger partial charge in [-0.25, -0.2) is 0 Å². The van der Waals surface area contributed by atoms with Gasteiger partial charge in [-0.1, -0.05) is 51.5 Å². The molecule has 0 aliphatic heterocycles. The number of carbonyl (C=O) groups is 2. The molecule has 1 amide bonds. The number of ketones is 1. The Balaban J connectivity index is 2.19. The van der Waals surface area contributed by atoms with Gasteiger partial charge in [0.15, 0.2) is 5.78 Å². The van der Waals surface area contributed by atoms with Gasteiger partial charge in [0.05, 0.1) is 0 Å². The van der Waals surface area contributed by atoms with E-state index in [1.54, 1.807) is 6.92 Å². The third-order valence-corrected chi connectivity index (χ3v) is 5.22. The predicted molar refractivity (Wildman–Crippen MR) is 114 cm³/mol. The molecule has 1 aromatic carbocycles. The van der Waals surface area contributed by atoms with Gasteiger partial charge >= 0.3 is 0 Å². The van der Waals surface area contributed by atoms with E-state index < -0.39 is 0 Å². The SMILES string of the molecule is CCCc1c(C(=O)NCc2ccccc2CN(CC)CC)[nH]c(C)c1C(C)=O.